The maximum atomic E-state index is 6.38. The van der Waals surface area contributed by atoms with Gasteiger partial charge in [-0.3, -0.25) is 0 Å². The van der Waals surface area contributed by atoms with E-state index >= 15 is 0 Å². The van der Waals surface area contributed by atoms with Crippen molar-refractivity contribution in [2.45, 2.75) is 19.3 Å². The van der Waals surface area contributed by atoms with Crippen molar-refractivity contribution in [3.8, 4) is 28.2 Å². The second kappa shape index (κ2) is 11.5. The topological polar surface area (TPSA) is 66.7 Å². The number of nitrogens with zero attached hydrogens (tertiary/aromatic N) is 4. The van der Waals surface area contributed by atoms with Gasteiger partial charge in [0.2, 0.25) is 5.71 Å². The van der Waals surface area contributed by atoms with Gasteiger partial charge in [0.1, 0.15) is 30.3 Å². The van der Waals surface area contributed by atoms with Gasteiger partial charge in [-0.1, -0.05) is 36.8 Å². The molecular weight excluding hydrogens is 450 g/mol. The van der Waals surface area contributed by atoms with Crippen molar-refractivity contribution in [1.29, 1.82) is 0 Å². The third-order valence-electron chi connectivity index (χ3n) is 6.64. The van der Waals surface area contributed by atoms with Crippen molar-refractivity contribution in [2.75, 3.05) is 58.7 Å². The summed E-state index contributed by atoms with van der Waals surface area (Å²) in [5.41, 5.74) is 3.65. The van der Waals surface area contributed by atoms with Crippen molar-refractivity contribution >= 4 is 16.9 Å². The minimum absolute atomic E-state index is 0.589. The standard InChI is InChI=1S/C29H35N5O2/c1-33(2)19-20-35-24-13-11-23(12-14-24)27-25(22-9-5-3-6-10-22)26-28(31-21-32-29(26)36-27)30-15-18-34-16-7-4-8-17-34/h3,5-6,9-14,21H,4,7-8,15-20H2,1-2H3,(H,30,31,32). The van der Waals surface area contributed by atoms with Gasteiger partial charge < -0.3 is 24.3 Å². The van der Waals surface area contributed by atoms with Crippen LogP contribution >= 0.6 is 0 Å². The molecule has 0 bridgehead atoms. The molecule has 36 heavy (non-hydrogen) atoms. The Morgan fingerprint density at radius 2 is 1.72 bits per heavy atom. The van der Waals surface area contributed by atoms with Crippen molar-refractivity contribution in [3.63, 3.8) is 0 Å². The highest BCUT2D eigenvalue weighted by atomic mass is 16.5. The molecular formula is C29H35N5O2. The number of hydrogen-bond acceptors (Lipinski definition) is 7. The van der Waals surface area contributed by atoms with Crippen LogP contribution in [0.4, 0.5) is 5.82 Å². The predicted octanol–water partition coefficient (Wildman–Crippen LogP) is 5.40. The summed E-state index contributed by atoms with van der Waals surface area (Å²) in [6.07, 6.45) is 5.51. The second-order valence-corrected chi connectivity index (χ2v) is 9.58. The molecule has 0 spiro atoms. The molecule has 7 heteroatoms. The number of furan rings is 1. The van der Waals surface area contributed by atoms with Gasteiger partial charge in [0, 0.05) is 30.8 Å². The minimum atomic E-state index is 0.589. The Morgan fingerprint density at radius 1 is 0.944 bits per heavy atom. The van der Waals surface area contributed by atoms with E-state index in [1.807, 2.05) is 56.6 Å². The zero-order valence-corrected chi connectivity index (χ0v) is 21.2. The molecule has 1 aliphatic heterocycles. The van der Waals surface area contributed by atoms with Gasteiger partial charge in [-0.25, -0.2) is 9.97 Å². The number of anilines is 1. The number of piperidine rings is 1. The van der Waals surface area contributed by atoms with E-state index in [0.29, 0.717) is 12.3 Å². The van der Waals surface area contributed by atoms with Gasteiger partial charge in [0.15, 0.2) is 0 Å². The van der Waals surface area contributed by atoms with Crippen LogP contribution in [0.2, 0.25) is 0 Å². The molecule has 0 aliphatic carbocycles. The summed E-state index contributed by atoms with van der Waals surface area (Å²) in [7, 11) is 4.08. The molecule has 0 radical (unpaired) electrons. The van der Waals surface area contributed by atoms with E-state index < -0.39 is 0 Å². The quantitative estimate of drug-likeness (QED) is 0.323. The second-order valence-electron chi connectivity index (χ2n) is 9.58. The summed E-state index contributed by atoms with van der Waals surface area (Å²) in [4.78, 5) is 13.7. The molecule has 0 unspecified atom stereocenters. The SMILES string of the molecule is CN(C)CCOc1ccc(-c2oc3ncnc(NCCN4CCCCC4)c3c2-c2ccccc2)cc1. The van der Waals surface area contributed by atoms with Crippen molar-refractivity contribution in [1.82, 2.24) is 19.8 Å². The smallest absolute Gasteiger partial charge is 0.232 e. The number of hydrogen-bond donors (Lipinski definition) is 1. The van der Waals surface area contributed by atoms with Crippen molar-refractivity contribution in [3.05, 3.63) is 60.9 Å². The molecule has 7 nitrogen and oxygen atoms in total. The lowest BCUT2D eigenvalue weighted by Crippen LogP contribution is -2.33. The zero-order valence-electron chi connectivity index (χ0n) is 21.2. The first kappa shape index (κ1) is 24.3. The van der Waals surface area contributed by atoms with E-state index in [0.717, 1.165) is 59.0 Å². The first-order valence-corrected chi connectivity index (χ1v) is 12.9. The highest BCUT2D eigenvalue weighted by Crippen LogP contribution is 2.42. The predicted molar refractivity (Wildman–Crippen MR) is 146 cm³/mol. The summed E-state index contributed by atoms with van der Waals surface area (Å²) in [5.74, 6) is 2.45. The maximum Gasteiger partial charge on any atom is 0.232 e. The lowest BCUT2D eigenvalue weighted by molar-refractivity contribution is 0.237. The highest BCUT2D eigenvalue weighted by Gasteiger charge is 2.22. The summed E-state index contributed by atoms with van der Waals surface area (Å²) in [5, 5.41) is 4.49. The van der Waals surface area contributed by atoms with Crippen LogP contribution in [-0.2, 0) is 0 Å². The summed E-state index contributed by atoms with van der Waals surface area (Å²) in [6.45, 7) is 5.72. The van der Waals surface area contributed by atoms with E-state index in [1.54, 1.807) is 6.33 Å². The number of ether oxygens (including phenoxy) is 1. The van der Waals surface area contributed by atoms with Crippen molar-refractivity contribution in [2.24, 2.45) is 0 Å². The molecule has 1 aliphatic rings. The van der Waals surface area contributed by atoms with Crippen LogP contribution in [0.15, 0.2) is 65.3 Å². The number of rotatable bonds is 10. The van der Waals surface area contributed by atoms with Gasteiger partial charge in [0.25, 0.3) is 0 Å². The van der Waals surface area contributed by atoms with E-state index in [2.05, 4.69) is 37.2 Å². The van der Waals surface area contributed by atoms with E-state index in [-0.39, 0.29) is 0 Å². The number of likely N-dealkylation sites (tertiary alicyclic amines) is 1. The highest BCUT2D eigenvalue weighted by molar-refractivity contribution is 6.05. The van der Waals surface area contributed by atoms with E-state index in [4.69, 9.17) is 9.15 Å². The van der Waals surface area contributed by atoms with Crippen molar-refractivity contribution < 1.29 is 9.15 Å². The van der Waals surface area contributed by atoms with Crippen LogP contribution in [-0.4, -0.2) is 73.2 Å². The lowest BCUT2D eigenvalue weighted by Gasteiger charge is -2.26. The third kappa shape index (κ3) is 5.69. The number of fused-ring (bicyclic) bond motifs is 1. The van der Waals surface area contributed by atoms with Gasteiger partial charge in [-0.15, -0.1) is 0 Å². The molecule has 2 aromatic heterocycles. The first-order chi connectivity index (χ1) is 17.7. The normalized spacial score (nSPS) is 14.4. The molecule has 0 amide bonds. The average Bonchev–Trinajstić information content (AvgIpc) is 3.31. The fourth-order valence-corrected chi connectivity index (χ4v) is 4.71. The fraction of sp³-hybridized carbons (Fsp3) is 0.379. The number of benzene rings is 2. The molecule has 1 fully saturated rings. The number of aromatic nitrogens is 2. The Morgan fingerprint density at radius 3 is 2.47 bits per heavy atom. The fourth-order valence-electron chi connectivity index (χ4n) is 4.71. The Labute approximate surface area is 213 Å². The molecule has 1 saturated heterocycles. The molecule has 0 atom stereocenters. The van der Waals surface area contributed by atoms with E-state index in [1.165, 1.54) is 32.4 Å². The first-order valence-electron chi connectivity index (χ1n) is 12.9. The Bertz CT molecular complexity index is 1250. The Hall–Kier alpha value is -3.42. The van der Waals surface area contributed by atoms with Crippen LogP contribution in [0.3, 0.4) is 0 Å². The molecule has 3 heterocycles. The molecule has 188 valence electrons. The van der Waals surface area contributed by atoms with Gasteiger partial charge in [-0.05, 0) is 69.9 Å². The van der Waals surface area contributed by atoms with Gasteiger partial charge in [-0.2, -0.15) is 0 Å². The van der Waals surface area contributed by atoms with Gasteiger partial charge in [0.05, 0.1) is 5.39 Å². The van der Waals surface area contributed by atoms with Gasteiger partial charge >= 0.3 is 0 Å². The zero-order chi connectivity index (χ0) is 24.7. The number of likely N-dealkylation sites (N-methyl/N-ethyl adjacent to an activating group) is 1. The maximum absolute atomic E-state index is 6.38. The molecule has 4 aromatic rings. The Balaban J connectivity index is 1.46. The summed E-state index contributed by atoms with van der Waals surface area (Å²) in [6, 6.07) is 18.4. The third-order valence-corrected chi connectivity index (χ3v) is 6.64. The monoisotopic (exact) mass is 485 g/mol. The van der Waals surface area contributed by atoms with Crippen LogP contribution in [0, 0.1) is 0 Å². The van der Waals surface area contributed by atoms with Crippen LogP contribution < -0.4 is 10.1 Å². The van der Waals surface area contributed by atoms with Crippen LogP contribution in [0.25, 0.3) is 33.6 Å². The summed E-state index contributed by atoms with van der Waals surface area (Å²) >= 11 is 0. The minimum Gasteiger partial charge on any atom is -0.492 e. The van der Waals surface area contributed by atoms with E-state index in [9.17, 15) is 0 Å². The average molecular weight is 486 g/mol. The number of nitrogens with one attached hydrogen (secondary N) is 1. The molecule has 2 aromatic carbocycles. The molecule has 5 rings (SSSR count). The van der Waals surface area contributed by atoms with Crippen LogP contribution in [0.1, 0.15) is 19.3 Å². The molecule has 1 N–H and O–H groups in total. The Kier molecular flexibility index (Phi) is 7.79. The van der Waals surface area contributed by atoms with Crippen LogP contribution in [0.5, 0.6) is 5.75 Å². The summed E-state index contributed by atoms with van der Waals surface area (Å²) < 4.78 is 12.3. The lowest BCUT2D eigenvalue weighted by atomic mass is 9.99. The molecule has 0 saturated carbocycles. The largest absolute Gasteiger partial charge is 0.492 e.